The van der Waals surface area contributed by atoms with Gasteiger partial charge in [-0.1, -0.05) is 0 Å². The van der Waals surface area contributed by atoms with Crippen molar-refractivity contribution >= 4 is 35.6 Å². The van der Waals surface area contributed by atoms with Gasteiger partial charge in [-0.2, -0.15) is 0 Å². The minimum absolute atomic E-state index is 0.148. The maximum absolute atomic E-state index is 10.1. The Morgan fingerprint density at radius 3 is 1.00 bits per heavy atom. The number of amides is 4. The van der Waals surface area contributed by atoms with Crippen LogP contribution < -0.4 is 10.6 Å². The molecule has 0 radical (unpaired) electrons. The van der Waals surface area contributed by atoms with Gasteiger partial charge in [0.25, 0.3) is 0 Å². The average molecular weight is 316 g/mol. The standard InChI is InChI=1S/2C4H5NO2.C4H6O4/c2*6-3-1-2-4(7)5-3;5-3(6)1-2-4(7)8/h2*1-2H2,(H,5,6,7);1-2H2,(H,5,6)(H,7,8). The molecule has 2 heterocycles. The number of aliphatic carboxylic acids is 2. The van der Waals surface area contributed by atoms with Crippen LogP contribution in [0.2, 0.25) is 0 Å². The highest BCUT2D eigenvalue weighted by Crippen LogP contribution is 1.96. The predicted molar refractivity (Wildman–Crippen MR) is 69.3 cm³/mol. The third-order valence-corrected chi connectivity index (χ3v) is 2.27. The molecule has 0 saturated carbocycles. The van der Waals surface area contributed by atoms with Crippen molar-refractivity contribution in [2.45, 2.75) is 38.5 Å². The van der Waals surface area contributed by atoms with E-state index in [2.05, 4.69) is 10.6 Å². The maximum Gasteiger partial charge on any atom is 0.303 e. The molecule has 2 aliphatic heterocycles. The molecule has 22 heavy (non-hydrogen) atoms. The SMILES string of the molecule is O=C(O)CCC(=O)O.O=C1CCC(=O)N1.O=C1CCC(=O)N1. The molecule has 2 rings (SSSR count). The van der Waals surface area contributed by atoms with Crippen LogP contribution in [0.1, 0.15) is 38.5 Å². The first-order chi connectivity index (χ1) is 10.2. The molecule has 0 spiro atoms. The lowest BCUT2D eigenvalue weighted by Crippen LogP contribution is -2.18. The fourth-order valence-corrected chi connectivity index (χ4v) is 1.23. The molecule has 10 heteroatoms. The van der Waals surface area contributed by atoms with Crippen molar-refractivity contribution in [1.29, 1.82) is 0 Å². The molecule has 4 N–H and O–H groups in total. The van der Waals surface area contributed by atoms with E-state index in [-0.39, 0.29) is 36.5 Å². The van der Waals surface area contributed by atoms with Crippen LogP contribution in [0, 0.1) is 0 Å². The largest absolute Gasteiger partial charge is 0.481 e. The van der Waals surface area contributed by atoms with Crippen molar-refractivity contribution < 1.29 is 39.0 Å². The Morgan fingerprint density at radius 1 is 0.682 bits per heavy atom. The number of carbonyl (C=O) groups is 6. The summed E-state index contributed by atoms with van der Waals surface area (Å²) in [6.45, 7) is 0. The van der Waals surface area contributed by atoms with E-state index in [1.165, 1.54) is 0 Å². The molecule has 10 nitrogen and oxygen atoms in total. The number of carboxylic acid groups (broad SMARTS) is 2. The van der Waals surface area contributed by atoms with Crippen LogP contribution in [-0.2, 0) is 28.8 Å². The lowest BCUT2D eigenvalue weighted by Gasteiger charge is -1.85. The Hall–Kier alpha value is -2.78. The number of hydrogen-bond acceptors (Lipinski definition) is 6. The van der Waals surface area contributed by atoms with Crippen LogP contribution in [0.25, 0.3) is 0 Å². The van der Waals surface area contributed by atoms with E-state index >= 15 is 0 Å². The van der Waals surface area contributed by atoms with Crippen LogP contribution in [-0.4, -0.2) is 45.8 Å². The highest BCUT2D eigenvalue weighted by atomic mass is 16.4. The van der Waals surface area contributed by atoms with E-state index in [0.29, 0.717) is 25.7 Å². The predicted octanol–water partition coefficient (Wildman–Crippen LogP) is -1.22. The van der Waals surface area contributed by atoms with Gasteiger partial charge >= 0.3 is 11.9 Å². The second-order valence-electron chi connectivity index (χ2n) is 4.23. The van der Waals surface area contributed by atoms with E-state index < -0.39 is 11.9 Å². The van der Waals surface area contributed by atoms with Crippen LogP contribution in [0.5, 0.6) is 0 Å². The molecule has 0 aromatic carbocycles. The summed E-state index contributed by atoms with van der Waals surface area (Å²) >= 11 is 0. The van der Waals surface area contributed by atoms with E-state index in [1.54, 1.807) is 0 Å². The van der Waals surface area contributed by atoms with Crippen LogP contribution >= 0.6 is 0 Å². The van der Waals surface area contributed by atoms with Gasteiger partial charge in [0.05, 0.1) is 12.8 Å². The van der Waals surface area contributed by atoms with Gasteiger partial charge in [0.1, 0.15) is 0 Å². The van der Waals surface area contributed by atoms with Gasteiger partial charge in [-0.05, 0) is 0 Å². The van der Waals surface area contributed by atoms with E-state index in [1.807, 2.05) is 0 Å². The lowest BCUT2D eigenvalue weighted by atomic mass is 10.3. The number of carbonyl (C=O) groups excluding carboxylic acids is 4. The highest BCUT2D eigenvalue weighted by molar-refractivity contribution is 6.02. The lowest BCUT2D eigenvalue weighted by molar-refractivity contribution is -0.143. The van der Waals surface area contributed by atoms with Crippen LogP contribution in [0.3, 0.4) is 0 Å². The smallest absolute Gasteiger partial charge is 0.303 e. The van der Waals surface area contributed by atoms with Gasteiger partial charge < -0.3 is 10.2 Å². The molecule has 122 valence electrons. The van der Waals surface area contributed by atoms with Crippen LogP contribution in [0.4, 0.5) is 0 Å². The van der Waals surface area contributed by atoms with Gasteiger partial charge in [-0.15, -0.1) is 0 Å². The summed E-state index contributed by atoms with van der Waals surface area (Å²) in [7, 11) is 0. The number of nitrogens with one attached hydrogen (secondary N) is 2. The van der Waals surface area contributed by atoms with Crippen molar-refractivity contribution in [3.8, 4) is 0 Å². The Balaban J connectivity index is 0.000000301. The summed E-state index contributed by atoms with van der Waals surface area (Å²) in [6.07, 6.45) is 0.903. The molecule has 0 unspecified atom stereocenters. The molecule has 2 fully saturated rings. The summed E-state index contributed by atoms with van der Waals surface area (Å²) in [6, 6.07) is 0. The molecule has 0 aromatic heterocycles. The molecule has 0 atom stereocenters. The summed E-state index contributed by atoms with van der Waals surface area (Å²) < 4.78 is 0. The fourth-order valence-electron chi connectivity index (χ4n) is 1.23. The molecule has 0 aliphatic carbocycles. The van der Waals surface area contributed by atoms with E-state index in [0.717, 1.165) is 0 Å². The van der Waals surface area contributed by atoms with Gasteiger partial charge in [0.15, 0.2) is 0 Å². The Kier molecular flexibility index (Phi) is 8.75. The monoisotopic (exact) mass is 316 g/mol. The molecular weight excluding hydrogens is 300 g/mol. The minimum atomic E-state index is -1.08. The van der Waals surface area contributed by atoms with E-state index in [4.69, 9.17) is 10.2 Å². The van der Waals surface area contributed by atoms with Gasteiger partial charge in [-0.25, -0.2) is 0 Å². The normalized spacial score (nSPS) is 15.8. The van der Waals surface area contributed by atoms with Crippen molar-refractivity contribution in [3.05, 3.63) is 0 Å². The maximum atomic E-state index is 10.1. The van der Waals surface area contributed by atoms with Crippen LogP contribution in [0.15, 0.2) is 0 Å². The summed E-state index contributed by atoms with van der Waals surface area (Å²) in [5, 5.41) is 20.1. The Morgan fingerprint density at radius 2 is 0.909 bits per heavy atom. The zero-order valence-corrected chi connectivity index (χ0v) is 11.6. The summed E-state index contributed by atoms with van der Waals surface area (Å²) in [4.78, 5) is 59.8. The molecule has 0 bridgehead atoms. The van der Waals surface area contributed by atoms with E-state index in [9.17, 15) is 28.8 Å². The number of rotatable bonds is 3. The van der Waals surface area contributed by atoms with Gasteiger partial charge in [0, 0.05) is 25.7 Å². The quantitative estimate of drug-likeness (QED) is 0.470. The summed E-state index contributed by atoms with van der Waals surface area (Å²) in [5.74, 6) is -2.75. The zero-order valence-electron chi connectivity index (χ0n) is 11.6. The zero-order chi connectivity index (χ0) is 17.1. The molecule has 0 aromatic rings. The number of hydrogen-bond donors (Lipinski definition) is 4. The molecular formula is C12H16N2O8. The average Bonchev–Trinajstić information content (AvgIpc) is 2.96. The first-order valence-corrected chi connectivity index (χ1v) is 6.29. The van der Waals surface area contributed by atoms with Gasteiger partial charge in [0.2, 0.25) is 23.6 Å². The van der Waals surface area contributed by atoms with Crippen molar-refractivity contribution in [2.75, 3.05) is 0 Å². The Labute approximate surface area is 124 Å². The first kappa shape index (κ1) is 19.2. The second-order valence-corrected chi connectivity index (χ2v) is 4.23. The fraction of sp³-hybridized carbons (Fsp3) is 0.500. The molecule has 2 aliphatic rings. The Bertz CT molecular complexity index is 414. The second kappa shape index (κ2) is 10.0. The first-order valence-electron chi connectivity index (χ1n) is 6.29. The highest BCUT2D eigenvalue weighted by Gasteiger charge is 2.16. The minimum Gasteiger partial charge on any atom is -0.481 e. The molecule has 2 saturated heterocycles. The number of imide groups is 2. The topological polar surface area (TPSA) is 167 Å². The van der Waals surface area contributed by atoms with Crippen molar-refractivity contribution in [2.24, 2.45) is 0 Å². The van der Waals surface area contributed by atoms with Gasteiger partial charge in [-0.3, -0.25) is 39.4 Å². The van der Waals surface area contributed by atoms with Crippen molar-refractivity contribution in [1.82, 2.24) is 10.6 Å². The van der Waals surface area contributed by atoms with Crippen molar-refractivity contribution in [3.63, 3.8) is 0 Å². The third kappa shape index (κ3) is 11.1. The third-order valence-electron chi connectivity index (χ3n) is 2.27. The number of carboxylic acids is 2. The molecule has 4 amide bonds. The summed E-state index contributed by atoms with van der Waals surface area (Å²) in [5.41, 5.74) is 0.